The zero-order valence-electron chi connectivity index (χ0n) is 10.7. The van der Waals surface area contributed by atoms with Crippen LogP contribution >= 0.6 is 11.3 Å². The molecule has 98 valence electrons. The van der Waals surface area contributed by atoms with Crippen molar-refractivity contribution in [2.75, 3.05) is 11.4 Å². The molecule has 0 bridgehead atoms. The Morgan fingerprint density at radius 2 is 2.00 bits per heavy atom. The van der Waals surface area contributed by atoms with Gasteiger partial charge in [-0.15, -0.1) is 11.3 Å². The van der Waals surface area contributed by atoms with Gasteiger partial charge in [0.25, 0.3) is 0 Å². The summed E-state index contributed by atoms with van der Waals surface area (Å²) < 4.78 is 1.05. The molecule has 0 saturated carbocycles. The van der Waals surface area contributed by atoms with Crippen LogP contribution in [0.25, 0.3) is 10.2 Å². The topological polar surface area (TPSA) is 52.8 Å². The quantitative estimate of drug-likeness (QED) is 0.730. The summed E-state index contributed by atoms with van der Waals surface area (Å²) in [5, 5.41) is 10.9. The van der Waals surface area contributed by atoms with Gasteiger partial charge in [0.2, 0.25) is 0 Å². The van der Waals surface area contributed by atoms with Crippen molar-refractivity contribution >= 4 is 33.1 Å². The van der Waals surface area contributed by atoms with Crippen molar-refractivity contribution < 1.29 is 0 Å². The molecule has 0 spiro atoms. The van der Waals surface area contributed by atoms with Gasteiger partial charge in [0.05, 0.1) is 22.7 Å². The van der Waals surface area contributed by atoms with Gasteiger partial charge in [-0.25, -0.2) is 9.97 Å². The number of aromatic nitrogens is 2. The van der Waals surface area contributed by atoms with Gasteiger partial charge in [-0.05, 0) is 23.6 Å². The van der Waals surface area contributed by atoms with Gasteiger partial charge in [0.15, 0.2) is 5.82 Å². The Morgan fingerprint density at radius 3 is 2.80 bits per heavy atom. The van der Waals surface area contributed by atoms with Gasteiger partial charge >= 0.3 is 0 Å². The van der Waals surface area contributed by atoms with Crippen molar-refractivity contribution in [1.82, 2.24) is 9.97 Å². The van der Waals surface area contributed by atoms with E-state index in [1.54, 1.807) is 17.7 Å². The minimum Gasteiger partial charge on any atom is -0.324 e. The second-order valence-corrected chi connectivity index (χ2v) is 5.14. The van der Waals surface area contributed by atoms with Crippen molar-refractivity contribution in [2.45, 2.75) is 6.42 Å². The van der Waals surface area contributed by atoms with E-state index in [0.29, 0.717) is 13.0 Å². The maximum absolute atomic E-state index is 8.88. The third-order valence-electron chi connectivity index (χ3n) is 3.00. The average molecular weight is 280 g/mol. The summed E-state index contributed by atoms with van der Waals surface area (Å²) in [6.45, 7) is 0.616. The van der Waals surface area contributed by atoms with Crippen LogP contribution in [0.5, 0.6) is 0 Å². The number of rotatable bonds is 4. The number of thiophene rings is 1. The smallest absolute Gasteiger partial charge is 0.154 e. The lowest BCUT2D eigenvalue weighted by atomic mass is 10.2. The fourth-order valence-electron chi connectivity index (χ4n) is 2.10. The van der Waals surface area contributed by atoms with Gasteiger partial charge < -0.3 is 4.90 Å². The van der Waals surface area contributed by atoms with Gasteiger partial charge in [-0.3, -0.25) is 0 Å². The molecule has 0 radical (unpaired) electrons. The summed E-state index contributed by atoms with van der Waals surface area (Å²) in [4.78, 5) is 10.8. The molecule has 0 aliphatic rings. The molecule has 2 aromatic heterocycles. The molecule has 5 heteroatoms. The summed E-state index contributed by atoms with van der Waals surface area (Å²) in [5.41, 5.74) is 1.98. The average Bonchev–Trinajstić information content (AvgIpc) is 2.98. The molecule has 0 amide bonds. The van der Waals surface area contributed by atoms with Crippen molar-refractivity contribution in [3.8, 4) is 6.07 Å². The molecule has 0 unspecified atom stereocenters. The molecule has 0 aliphatic heterocycles. The molecule has 20 heavy (non-hydrogen) atoms. The Kier molecular flexibility index (Phi) is 3.57. The number of nitrogens with zero attached hydrogens (tertiary/aromatic N) is 4. The molecule has 1 aromatic carbocycles. The first-order chi connectivity index (χ1) is 9.90. The number of fused-ring (bicyclic) bond motifs is 1. The number of para-hydroxylation sites is 1. The number of anilines is 2. The summed E-state index contributed by atoms with van der Waals surface area (Å²) in [5.74, 6) is 0.867. The van der Waals surface area contributed by atoms with E-state index in [9.17, 15) is 0 Å². The largest absolute Gasteiger partial charge is 0.324 e. The van der Waals surface area contributed by atoms with Crippen molar-refractivity contribution in [2.24, 2.45) is 0 Å². The number of nitriles is 1. The molecule has 3 rings (SSSR count). The summed E-state index contributed by atoms with van der Waals surface area (Å²) >= 11 is 1.62. The van der Waals surface area contributed by atoms with Crippen LogP contribution in [-0.2, 0) is 0 Å². The minimum atomic E-state index is 0.450. The second-order valence-electron chi connectivity index (χ2n) is 4.23. The Labute approximate surface area is 120 Å². The van der Waals surface area contributed by atoms with E-state index in [1.807, 2.05) is 41.8 Å². The maximum atomic E-state index is 8.88. The normalized spacial score (nSPS) is 10.3. The summed E-state index contributed by atoms with van der Waals surface area (Å²) in [6, 6.07) is 14.2. The van der Waals surface area contributed by atoms with Gasteiger partial charge in [-0.1, -0.05) is 18.2 Å². The highest BCUT2D eigenvalue weighted by Crippen LogP contribution is 2.32. The van der Waals surface area contributed by atoms with E-state index in [2.05, 4.69) is 20.9 Å². The van der Waals surface area contributed by atoms with Crippen LogP contribution in [0.4, 0.5) is 11.5 Å². The Morgan fingerprint density at radius 1 is 1.15 bits per heavy atom. The first-order valence-corrected chi connectivity index (χ1v) is 7.16. The molecule has 2 heterocycles. The molecule has 3 aromatic rings. The fraction of sp³-hybridized carbons (Fsp3) is 0.133. The molecule has 0 aliphatic carbocycles. The number of hydrogen-bond donors (Lipinski definition) is 0. The second kappa shape index (κ2) is 5.68. The standard InChI is InChI=1S/C15H12N4S/c16-8-4-9-19(12-5-2-1-3-6-12)15-14-13(7-10-20-14)17-11-18-15/h1-3,5-7,10-11H,4,9H2. The third kappa shape index (κ3) is 2.33. The fourth-order valence-corrected chi connectivity index (χ4v) is 2.94. The van der Waals surface area contributed by atoms with E-state index in [4.69, 9.17) is 5.26 Å². The summed E-state index contributed by atoms with van der Waals surface area (Å²) in [6.07, 6.45) is 2.03. The number of benzene rings is 1. The lowest BCUT2D eigenvalue weighted by molar-refractivity contribution is 0.929. The lowest BCUT2D eigenvalue weighted by Gasteiger charge is -2.23. The first kappa shape index (κ1) is 12.6. The van der Waals surface area contributed by atoms with E-state index >= 15 is 0 Å². The molecule has 0 saturated heterocycles. The van der Waals surface area contributed by atoms with Crippen LogP contribution in [0.15, 0.2) is 48.1 Å². The van der Waals surface area contributed by atoms with E-state index < -0.39 is 0 Å². The Bertz CT molecular complexity index is 745. The van der Waals surface area contributed by atoms with Crippen LogP contribution in [0.2, 0.25) is 0 Å². The first-order valence-electron chi connectivity index (χ1n) is 6.28. The highest BCUT2D eigenvalue weighted by atomic mass is 32.1. The lowest BCUT2D eigenvalue weighted by Crippen LogP contribution is -2.19. The predicted octanol–water partition coefficient (Wildman–Crippen LogP) is 3.74. The highest BCUT2D eigenvalue weighted by molar-refractivity contribution is 7.17. The van der Waals surface area contributed by atoms with Crippen molar-refractivity contribution in [1.29, 1.82) is 5.26 Å². The Hall–Kier alpha value is -2.45. The SMILES string of the molecule is N#CCCN(c1ccccc1)c1ncnc2ccsc12. The van der Waals surface area contributed by atoms with Crippen molar-refractivity contribution in [3.63, 3.8) is 0 Å². The van der Waals surface area contributed by atoms with Crippen LogP contribution in [-0.4, -0.2) is 16.5 Å². The van der Waals surface area contributed by atoms with Crippen LogP contribution in [0, 0.1) is 11.3 Å². The predicted molar refractivity (Wildman–Crippen MR) is 81.1 cm³/mol. The van der Waals surface area contributed by atoms with Gasteiger partial charge in [-0.2, -0.15) is 5.26 Å². The van der Waals surface area contributed by atoms with E-state index in [-0.39, 0.29) is 0 Å². The van der Waals surface area contributed by atoms with Gasteiger partial charge in [0.1, 0.15) is 6.33 Å². The molecule has 0 N–H and O–H groups in total. The van der Waals surface area contributed by atoms with E-state index in [1.165, 1.54) is 0 Å². The summed E-state index contributed by atoms with van der Waals surface area (Å²) in [7, 11) is 0. The zero-order chi connectivity index (χ0) is 13.8. The molecule has 0 atom stereocenters. The Balaban J connectivity index is 2.10. The molecule has 0 fully saturated rings. The third-order valence-corrected chi connectivity index (χ3v) is 3.89. The van der Waals surface area contributed by atoms with Gasteiger partial charge in [0, 0.05) is 12.2 Å². The monoisotopic (exact) mass is 280 g/mol. The molecular formula is C15H12N4S. The van der Waals surface area contributed by atoms with Crippen LogP contribution < -0.4 is 4.90 Å². The minimum absolute atomic E-state index is 0.450. The van der Waals surface area contributed by atoms with Crippen molar-refractivity contribution in [3.05, 3.63) is 48.1 Å². The number of hydrogen-bond acceptors (Lipinski definition) is 5. The molecular weight excluding hydrogens is 268 g/mol. The van der Waals surface area contributed by atoms with E-state index in [0.717, 1.165) is 21.7 Å². The zero-order valence-corrected chi connectivity index (χ0v) is 11.5. The molecule has 4 nitrogen and oxygen atoms in total. The highest BCUT2D eigenvalue weighted by Gasteiger charge is 2.14. The maximum Gasteiger partial charge on any atom is 0.154 e. The van der Waals surface area contributed by atoms with Crippen LogP contribution in [0.3, 0.4) is 0 Å². The van der Waals surface area contributed by atoms with Crippen LogP contribution in [0.1, 0.15) is 6.42 Å².